The van der Waals surface area contributed by atoms with E-state index in [2.05, 4.69) is 15.2 Å². The summed E-state index contributed by atoms with van der Waals surface area (Å²) in [5.74, 6) is -0.445. The van der Waals surface area contributed by atoms with E-state index in [9.17, 15) is 18.0 Å². The third-order valence-electron chi connectivity index (χ3n) is 4.94. The number of halogens is 3. The Balaban J connectivity index is 1.53. The van der Waals surface area contributed by atoms with Crippen LogP contribution in [0.25, 0.3) is 0 Å². The lowest BCUT2D eigenvalue weighted by Gasteiger charge is -2.12. The maximum atomic E-state index is 12.9. The van der Waals surface area contributed by atoms with Crippen LogP contribution in [0, 0.1) is 6.92 Å². The summed E-state index contributed by atoms with van der Waals surface area (Å²) >= 11 is 0. The number of benzene rings is 2. The summed E-state index contributed by atoms with van der Waals surface area (Å²) in [6, 6.07) is 14.0. The summed E-state index contributed by atoms with van der Waals surface area (Å²) in [6.45, 7) is 2.80. The summed E-state index contributed by atoms with van der Waals surface area (Å²) in [4.78, 5) is 18.9. The molecule has 1 aromatic heterocycles. The molecule has 1 aliphatic rings. The van der Waals surface area contributed by atoms with Crippen molar-refractivity contribution in [2.45, 2.75) is 19.1 Å². The van der Waals surface area contributed by atoms with Crippen LogP contribution in [0.5, 0.6) is 0 Å². The number of rotatable bonds is 4. The van der Waals surface area contributed by atoms with E-state index in [-0.39, 0.29) is 11.7 Å². The molecule has 0 radical (unpaired) electrons. The second kappa shape index (κ2) is 7.24. The minimum atomic E-state index is -4.46. The van der Waals surface area contributed by atoms with Gasteiger partial charge in [-0.1, -0.05) is 12.1 Å². The Hall–Kier alpha value is -3.35. The Morgan fingerprint density at radius 1 is 1.14 bits per heavy atom. The molecular weight excluding hydrogens is 379 g/mol. The molecule has 0 saturated carbocycles. The predicted octanol–water partition coefficient (Wildman–Crippen LogP) is 5.22. The van der Waals surface area contributed by atoms with E-state index in [4.69, 9.17) is 0 Å². The van der Waals surface area contributed by atoms with Gasteiger partial charge < -0.3 is 10.2 Å². The van der Waals surface area contributed by atoms with Gasteiger partial charge in [0, 0.05) is 24.0 Å². The number of nitrogens with one attached hydrogen (secondary N) is 1. The van der Waals surface area contributed by atoms with Gasteiger partial charge in [-0.25, -0.2) is 0 Å². The molecule has 2 aromatic carbocycles. The van der Waals surface area contributed by atoms with Crippen molar-refractivity contribution >= 4 is 17.3 Å². The lowest BCUT2D eigenvalue weighted by atomic mass is 10.0. The molecule has 0 bridgehead atoms. The zero-order chi connectivity index (χ0) is 20.6. The van der Waals surface area contributed by atoms with Crippen molar-refractivity contribution in [1.29, 1.82) is 0 Å². The summed E-state index contributed by atoms with van der Waals surface area (Å²) in [5, 5.41) is 2.56. The Labute approximate surface area is 166 Å². The lowest BCUT2D eigenvalue weighted by Crippen LogP contribution is -2.14. The first-order valence-corrected chi connectivity index (χ1v) is 9.09. The SMILES string of the molecule is Cc1ccc(C(=O)Nc2cccc(C(F)(F)F)c2)cc1C1CN1c1cccnc1. The van der Waals surface area contributed by atoms with Crippen molar-refractivity contribution in [3.05, 3.63) is 89.2 Å². The van der Waals surface area contributed by atoms with Crippen LogP contribution in [0.1, 0.15) is 33.1 Å². The summed E-state index contributed by atoms with van der Waals surface area (Å²) in [7, 11) is 0. The number of aromatic nitrogens is 1. The second-order valence-corrected chi connectivity index (χ2v) is 6.98. The van der Waals surface area contributed by atoms with Gasteiger partial charge in [0.1, 0.15) is 0 Å². The van der Waals surface area contributed by atoms with Crippen LogP contribution in [0.2, 0.25) is 0 Å². The molecule has 148 valence electrons. The van der Waals surface area contributed by atoms with Crippen LogP contribution in [0.15, 0.2) is 67.0 Å². The average Bonchev–Trinajstić information content (AvgIpc) is 3.49. The number of alkyl halides is 3. The third-order valence-corrected chi connectivity index (χ3v) is 4.94. The van der Waals surface area contributed by atoms with E-state index in [1.165, 1.54) is 12.1 Å². The Morgan fingerprint density at radius 3 is 2.69 bits per heavy atom. The number of hydrogen-bond acceptors (Lipinski definition) is 3. The van der Waals surface area contributed by atoms with E-state index >= 15 is 0 Å². The van der Waals surface area contributed by atoms with Crippen molar-refractivity contribution in [1.82, 2.24) is 4.98 Å². The summed E-state index contributed by atoms with van der Waals surface area (Å²) in [5.41, 5.74) is 2.79. The molecule has 7 heteroatoms. The molecule has 4 nitrogen and oxygen atoms in total. The Kier molecular flexibility index (Phi) is 4.74. The fraction of sp³-hybridized carbons (Fsp3) is 0.182. The van der Waals surface area contributed by atoms with Crippen molar-refractivity contribution in [3.8, 4) is 0 Å². The van der Waals surface area contributed by atoms with E-state index in [1.807, 2.05) is 25.1 Å². The number of amides is 1. The highest BCUT2D eigenvalue weighted by atomic mass is 19.4. The first-order valence-electron chi connectivity index (χ1n) is 9.09. The highest BCUT2D eigenvalue weighted by molar-refractivity contribution is 6.04. The van der Waals surface area contributed by atoms with Crippen LogP contribution in [-0.2, 0) is 6.18 Å². The zero-order valence-corrected chi connectivity index (χ0v) is 15.6. The maximum absolute atomic E-state index is 12.9. The molecule has 4 rings (SSSR count). The number of anilines is 2. The number of nitrogens with zero attached hydrogens (tertiary/aromatic N) is 2. The number of carbonyl (C=O) groups excluding carboxylic acids is 1. The van der Waals surface area contributed by atoms with Crippen LogP contribution < -0.4 is 10.2 Å². The number of aryl methyl sites for hydroxylation is 1. The molecule has 0 aliphatic carbocycles. The lowest BCUT2D eigenvalue weighted by molar-refractivity contribution is -0.137. The molecular formula is C22H18F3N3O. The van der Waals surface area contributed by atoms with Crippen LogP contribution >= 0.6 is 0 Å². The minimum Gasteiger partial charge on any atom is -0.359 e. The monoisotopic (exact) mass is 397 g/mol. The topological polar surface area (TPSA) is 45.0 Å². The molecule has 1 amide bonds. The van der Waals surface area contributed by atoms with Gasteiger partial charge in [-0.3, -0.25) is 9.78 Å². The molecule has 0 spiro atoms. The van der Waals surface area contributed by atoms with Gasteiger partial charge >= 0.3 is 6.18 Å². The smallest absolute Gasteiger partial charge is 0.359 e. The largest absolute Gasteiger partial charge is 0.416 e. The number of carbonyl (C=O) groups is 1. The Bertz CT molecular complexity index is 1050. The van der Waals surface area contributed by atoms with Crippen molar-refractivity contribution in [2.24, 2.45) is 0 Å². The normalized spacial score (nSPS) is 15.9. The first-order chi connectivity index (χ1) is 13.8. The van der Waals surface area contributed by atoms with Crippen molar-refractivity contribution in [3.63, 3.8) is 0 Å². The fourth-order valence-corrected chi connectivity index (χ4v) is 3.33. The molecule has 1 saturated heterocycles. The van der Waals surface area contributed by atoms with E-state index in [1.54, 1.807) is 24.5 Å². The maximum Gasteiger partial charge on any atom is 0.416 e. The van der Waals surface area contributed by atoms with E-state index in [0.717, 1.165) is 35.5 Å². The molecule has 1 N–H and O–H groups in total. The molecule has 1 atom stereocenters. The van der Waals surface area contributed by atoms with E-state index in [0.29, 0.717) is 5.56 Å². The van der Waals surface area contributed by atoms with Crippen LogP contribution in [-0.4, -0.2) is 17.4 Å². The molecule has 1 aliphatic heterocycles. The number of hydrogen-bond donors (Lipinski definition) is 1. The van der Waals surface area contributed by atoms with Gasteiger partial charge in [-0.2, -0.15) is 13.2 Å². The molecule has 1 unspecified atom stereocenters. The zero-order valence-electron chi connectivity index (χ0n) is 15.6. The number of pyridine rings is 1. The average molecular weight is 397 g/mol. The first kappa shape index (κ1) is 19.0. The van der Waals surface area contributed by atoms with Crippen molar-refractivity contribution in [2.75, 3.05) is 16.8 Å². The van der Waals surface area contributed by atoms with Crippen molar-refractivity contribution < 1.29 is 18.0 Å². The summed E-state index contributed by atoms with van der Waals surface area (Å²) < 4.78 is 38.6. The van der Waals surface area contributed by atoms with Gasteiger partial charge in [0.15, 0.2) is 0 Å². The molecule has 2 heterocycles. The van der Waals surface area contributed by atoms with Gasteiger partial charge in [0.25, 0.3) is 5.91 Å². The van der Waals surface area contributed by atoms with E-state index < -0.39 is 17.6 Å². The molecule has 29 heavy (non-hydrogen) atoms. The molecule has 3 aromatic rings. The predicted molar refractivity (Wildman–Crippen MR) is 105 cm³/mol. The third kappa shape index (κ3) is 4.08. The van der Waals surface area contributed by atoms with Gasteiger partial charge in [-0.15, -0.1) is 0 Å². The summed E-state index contributed by atoms with van der Waals surface area (Å²) in [6.07, 6.45) is -0.953. The van der Waals surface area contributed by atoms with Gasteiger partial charge in [0.05, 0.1) is 23.5 Å². The van der Waals surface area contributed by atoms with Gasteiger partial charge in [-0.05, 0) is 60.5 Å². The van der Waals surface area contributed by atoms with Crippen LogP contribution in [0.3, 0.4) is 0 Å². The highest BCUT2D eigenvalue weighted by Gasteiger charge is 2.37. The fourth-order valence-electron chi connectivity index (χ4n) is 3.33. The van der Waals surface area contributed by atoms with Gasteiger partial charge in [0.2, 0.25) is 0 Å². The Morgan fingerprint density at radius 2 is 1.97 bits per heavy atom. The quantitative estimate of drug-likeness (QED) is 0.614. The minimum absolute atomic E-state index is 0.107. The molecule has 1 fully saturated rings. The highest BCUT2D eigenvalue weighted by Crippen LogP contribution is 2.41. The standard InChI is InChI=1S/C22H18F3N3O/c1-14-7-8-15(10-19(14)20-13-28(20)18-6-3-9-26-12-18)21(29)27-17-5-2-4-16(11-17)22(23,24)25/h2-12,20H,13H2,1H3,(H,27,29). The second-order valence-electron chi connectivity index (χ2n) is 6.98. The van der Waals surface area contributed by atoms with Crippen LogP contribution in [0.4, 0.5) is 24.5 Å².